The fourth-order valence-corrected chi connectivity index (χ4v) is 1.75. The van der Waals surface area contributed by atoms with Crippen LogP contribution in [0, 0.1) is 11.8 Å². The normalized spacial score (nSPS) is 18.8. The lowest BCUT2D eigenvalue weighted by atomic mass is 9.77. The first-order valence-corrected chi connectivity index (χ1v) is 4.36. The van der Waals surface area contributed by atoms with Gasteiger partial charge < -0.3 is 10.8 Å². The van der Waals surface area contributed by atoms with E-state index in [9.17, 15) is 4.79 Å². The van der Waals surface area contributed by atoms with Gasteiger partial charge in [0.25, 0.3) is 0 Å². The number of hydrogen-bond donors (Lipinski definition) is 2. The van der Waals surface area contributed by atoms with Crippen LogP contribution >= 0.6 is 0 Å². The van der Waals surface area contributed by atoms with Crippen LogP contribution in [-0.4, -0.2) is 16.6 Å². The van der Waals surface area contributed by atoms with Gasteiger partial charge in [0.05, 0.1) is 0 Å². The van der Waals surface area contributed by atoms with Gasteiger partial charge in [0.15, 0.2) is 0 Å². The predicted octanol–water partition coefficient (Wildman–Crippen LogP) is 1.47. The first-order valence-electron chi connectivity index (χ1n) is 4.36. The highest BCUT2D eigenvalue weighted by Gasteiger charge is 2.37. The molecule has 3 N–H and O–H groups in total. The maximum Gasteiger partial charge on any atom is 0.323 e. The highest BCUT2D eigenvalue weighted by molar-refractivity contribution is 5.78. The smallest absolute Gasteiger partial charge is 0.323 e. The molecule has 0 aromatic carbocycles. The Bertz CT molecular complexity index is 164. The van der Waals surface area contributed by atoms with E-state index in [0.29, 0.717) is 5.92 Å². The van der Waals surface area contributed by atoms with E-state index in [1.165, 1.54) is 0 Å². The van der Waals surface area contributed by atoms with E-state index in [0.717, 1.165) is 6.42 Å². The molecule has 0 aliphatic heterocycles. The van der Waals surface area contributed by atoms with Crippen LogP contribution in [0.15, 0.2) is 0 Å². The molecule has 0 aliphatic carbocycles. The SMILES string of the molecule is CCC(C(C)C)C(C)(N)C(=O)O. The van der Waals surface area contributed by atoms with Crippen molar-refractivity contribution in [2.24, 2.45) is 17.6 Å². The first-order chi connectivity index (χ1) is 5.34. The summed E-state index contributed by atoms with van der Waals surface area (Å²) in [6, 6.07) is 0. The van der Waals surface area contributed by atoms with E-state index in [-0.39, 0.29) is 5.92 Å². The lowest BCUT2D eigenvalue weighted by Crippen LogP contribution is -2.52. The Morgan fingerprint density at radius 2 is 2.00 bits per heavy atom. The minimum atomic E-state index is -1.09. The molecule has 0 bridgehead atoms. The van der Waals surface area contributed by atoms with Gasteiger partial charge in [-0.1, -0.05) is 27.2 Å². The Labute approximate surface area is 74.0 Å². The van der Waals surface area contributed by atoms with Crippen molar-refractivity contribution in [2.75, 3.05) is 0 Å². The van der Waals surface area contributed by atoms with E-state index in [1.54, 1.807) is 6.92 Å². The standard InChI is InChI=1S/C9H19NO2/c1-5-7(6(2)3)9(4,10)8(11)12/h6-7H,5,10H2,1-4H3,(H,11,12). The molecule has 0 saturated heterocycles. The molecule has 12 heavy (non-hydrogen) atoms. The van der Waals surface area contributed by atoms with Gasteiger partial charge in [-0.05, 0) is 18.8 Å². The second-order valence-electron chi connectivity index (χ2n) is 3.85. The van der Waals surface area contributed by atoms with Crippen molar-refractivity contribution >= 4 is 5.97 Å². The van der Waals surface area contributed by atoms with Crippen LogP contribution in [0.4, 0.5) is 0 Å². The summed E-state index contributed by atoms with van der Waals surface area (Å²) < 4.78 is 0. The molecule has 0 rings (SSSR count). The van der Waals surface area contributed by atoms with Gasteiger partial charge in [-0.3, -0.25) is 4.79 Å². The summed E-state index contributed by atoms with van der Waals surface area (Å²) in [5.74, 6) is -0.570. The minimum Gasteiger partial charge on any atom is -0.480 e. The van der Waals surface area contributed by atoms with Gasteiger partial charge >= 0.3 is 5.97 Å². The lowest BCUT2D eigenvalue weighted by molar-refractivity contribution is -0.145. The number of rotatable bonds is 4. The van der Waals surface area contributed by atoms with Crippen molar-refractivity contribution in [1.29, 1.82) is 0 Å². The summed E-state index contributed by atoms with van der Waals surface area (Å²) in [4.78, 5) is 10.8. The molecule has 0 aromatic rings. The topological polar surface area (TPSA) is 63.3 Å². The summed E-state index contributed by atoms with van der Waals surface area (Å²) in [6.45, 7) is 7.56. The van der Waals surface area contributed by atoms with Crippen molar-refractivity contribution < 1.29 is 9.90 Å². The van der Waals surface area contributed by atoms with Crippen LogP contribution in [-0.2, 0) is 4.79 Å². The van der Waals surface area contributed by atoms with Crippen LogP contribution in [0.5, 0.6) is 0 Å². The zero-order chi connectivity index (χ0) is 9.94. The Hall–Kier alpha value is -0.570. The van der Waals surface area contributed by atoms with Crippen LogP contribution in [0.3, 0.4) is 0 Å². The number of aliphatic carboxylic acids is 1. The molecule has 3 nitrogen and oxygen atoms in total. The largest absolute Gasteiger partial charge is 0.480 e. The molecule has 0 radical (unpaired) electrons. The van der Waals surface area contributed by atoms with Gasteiger partial charge in [-0.2, -0.15) is 0 Å². The molecular weight excluding hydrogens is 154 g/mol. The number of hydrogen-bond acceptors (Lipinski definition) is 2. The van der Waals surface area contributed by atoms with Gasteiger partial charge in [0.1, 0.15) is 5.54 Å². The van der Waals surface area contributed by atoms with Gasteiger partial charge in [0.2, 0.25) is 0 Å². The molecule has 3 heteroatoms. The summed E-state index contributed by atoms with van der Waals surface area (Å²) in [5, 5.41) is 8.87. The highest BCUT2D eigenvalue weighted by Crippen LogP contribution is 2.26. The van der Waals surface area contributed by atoms with Crippen molar-refractivity contribution in [3.8, 4) is 0 Å². The number of nitrogens with two attached hydrogens (primary N) is 1. The van der Waals surface area contributed by atoms with Crippen LogP contribution in [0.1, 0.15) is 34.1 Å². The van der Waals surface area contributed by atoms with E-state index < -0.39 is 11.5 Å². The van der Waals surface area contributed by atoms with Crippen molar-refractivity contribution in [2.45, 2.75) is 39.7 Å². The molecular formula is C9H19NO2. The van der Waals surface area contributed by atoms with Crippen molar-refractivity contribution in [3.63, 3.8) is 0 Å². The third kappa shape index (κ3) is 2.21. The zero-order valence-corrected chi connectivity index (χ0v) is 8.29. The third-order valence-corrected chi connectivity index (χ3v) is 2.48. The number of carbonyl (C=O) groups is 1. The fourth-order valence-electron chi connectivity index (χ4n) is 1.75. The Kier molecular flexibility index (Phi) is 3.71. The Balaban J connectivity index is 4.59. The molecule has 0 aromatic heterocycles. The zero-order valence-electron chi connectivity index (χ0n) is 8.29. The summed E-state index contributed by atoms with van der Waals surface area (Å²) in [5.41, 5.74) is 4.62. The highest BCUT2D eigenvalue weighted by atomic mass is 16.4. The molecule has 0 amide bonds. The maximum atomic E-state index is 10.8. The minimum absolute atomic E-state index is 0.0370. The molecule has 2 atom stereocenters. The van der Waals surface area contributed by atoms with Gasteiger partial charge in [-0.15, -0.1) is 0 Å². The number of carboxylic acid groups (broad SMARTS) is 1. The second kappa shape index (κ2) is 3.90. The average molecular weight is 173 g/mol. The van der Waals surface area contributed by atoms with Crippen molar-refractivity contribution in [1.82, 2.24) is 0 Å². The summed E-state index contributed by atoms with van der Waals surface area (Å²) >= 11 is 0. The Morgan fingerprint density at radius 3 is 2.08 bits per heavy atom. The first kappa shape index (κ1) is 11.4. The van der Waals surface area contributed by atoms with Crippen molar-refractivity contribution in [3.05, 3.63) is 0 Å². The second-order valence-corrected chi connectivity index (χ2v) is 3.85. The third-order valence-electron chi connectivity index (χ3n) is 2.48. The Morgan fingerprint density at radius 1 is 1.58 bits per heavy atom. The van der Waals surface area contributed by atoms with Crippen LogP contribution in [0.2, 0.25) is 0 Å². The van der Waals surface area contributed by atoms with E-state index >= 15 is 0 Å². The van der Waals surface area contributed by atoms with Gasteiger partial charge in [0, 0.05) is 0 Å². The molecule has 0 spiro atoms. The maximum absolute atomic E-state index is 10.8. The molecule has 2 unspecified atom stereocenters. The molecule has 0 fully saturated rings. The van der Waals surface area contributed by atoms with Gasteiger partial charge in [-0.25, -0.2) is 0 Å². The van der Waals surface area contributed by atoms with Crippen LogP contribution in [0.25, 0.3) is 0 Å². The molecule has 0 saturated carbocycles. The van der Waals surface area contributed by atoms with Crippen LogP contribution < -0.4 is 5.73 Å². The van der Waals surface area contributed by atoms with E-state index in [2.05, 4.69) is 0 Å². The fraction of sp³-hybridized carbons (Fsp3) is 0.889. The quantitative estimate of drug-likeness (QED) is 0.676. The summed E-state index contributed by atoms with van der Waals surface area (Å²) in [6.07, 6.45) is 0.803. The molecule has 0 aliphatic rings. The monoisotopic (exact) mass is 173 g/mol. The molecule has 0 heterocycles. The van der Waals surface area contributed by atoms with E-state index in [1.807, 2.05) is 20.8 Å². The number of carboxylic acids is 1. The summed E-state index contributed by atoms with van der Waals surface area (Å²) in [7, 11) is 0. The van der Waals surface area contributed by atoms with E-state index in [4.69, 9.17) is 10.8 Å². The average Bonchev–Trinajstić information content (AvgIpc) is 1.86. The molecule has 72 valence electrons. The predicted molar refractivity (Wildman–Crippen MR) is 48.8 cm³/mol. The lowest BCUT2D eigenvalue weighted by Gasteiger charge is -2.32.